The van der Waals surface area contributed by atoms with E-state index >= 15 is 4.39 Å². The first kappa shape index (κ1) is 21.8. The first-order valence-corrected chi connectivity index (χ1v) is 10.9. The number of benzene rings is 1. The second-order valence-corrected chi connectivity index (χ2v) is 8.42. The summed E-state index contributed by atoms with van der Waals surface area (Å²) in [7, 11) is 1.20. The Morgan fingerprint density at radius 3 is 2.74 bits per heavy atom. The van der Waals surface area contributed by atoms with Gasteiger partial charge < -0.3 is 19.5 Å². The van der Waals surface area contributed by atoms with Crippen molar-refractivity contribution < 1.29 is 18.7 Å². The molecule has 1 aliphatic carbocycles. The van der Waals surface area contributed by atoms with Crippen molar-refractivity contribution in [2.75, 3.05) is 31.6 Å². The third-order valence-electron chi connectivity index (χ3n) is 5.94. The van der Waals surface area contributed by atoms with E-state index in [1.165, 1.54) is 13.3 Å². The molecule has 7 nitrogen and oxygen atoms in total. The number of carbonyl (C=O) groups is 2. The minimum Gasteiger partial charge on any atom is -0.465 e. The highest BCUT2D eigenvalue weighted by Gasteiger charge is 2.32. The lowest BCUT2D eigenvalue weighted by molar-refractivity contribution is -0.120. The van der Waals surface area contributed by atoms with Gasteiger partial charge in [0.1, 0.15) is 11.4 Å². The van der Waals surface area contributed by atoms with Crippen molar-refractivity contribution in [3.63, 3.8) is 0 Å². The fourth-order valence-electron chi connectivity index (χ4n) is 4.28. The summed E-state index contributed by atoms with van der Waals surface area (Å²) in [5, 5.41) is 3.34. The number of rotatable bonds is 5. The largest absolute Gasteiger partial charge is 0.465 e. The number of halogens is 2. The molecule has 1 unspecified atom stereocenters. The molecular formula is C22H25ClFN3O4. The molecule has 0 bridgehead atoms. The van der Waals surface area contributed by atoms with Gasteiger partial charge in [-0.15, -0.1) is 0 Å². The van der Waals surface area contributed by atoms with Crippen LogP contribution in [0.5, 0.6) is 0 Å². The van der Waals surface area contributed by atoms with Crippen molar-refractivity contribution in [1.82, 2.24) is 9.88 Å². The van der Waals surface area contributed by atoms with Crippen molar-refractivity contribution in [2.24, 2.45) is 0 Å². The Hall–Kier alpha value is -2.45. The minimum atomic E-state index is -0.763. The summed E-state index contributed by atoms with van der Waals surface area (Å²) in [4.78, 5) is 39.2. The zero-order chi connectivity index (χ0) is 22.3. The summed E-state index contributed by atoms with van der Waals surface area (Å²) in [6, 6.07) is 0.827. The maximum atomic E-state index is 15.4. The van der Waals surface area contributed by atoms with Gasteiger partial charge in [-0.1, -0.05) is 18.5 Å². The number of hydrogen-bond acceptors (Lipinski definition) is 6. The molecule has 0 amide bonds. The van der Waals surface area contributed by atoms with Crippen LogP contribution < -0.4 is 15.6 Å². The van der Waals surface area contributed by atoms with E-state index in [-0.39, 0.29) is 33.5 Å². The Labute approximate surface area is 184 Å². The van der Waals surface area contributed by atoms with Crippen LogP contribution in [0.25, 0.3) is 10.9 Å². The van der Waals surface area contributed by atoms with E-state index in [2.05, 4.69) is 5.32 Å². The molecular weight excluding hydrogens is 425 g/mol. The molecule has 1 aliphatic heterocycles. The van der Waals surface area contributed by atoms with Gasteiger partial charge in [-0.25, -0.2) is 9.18 Å². The molecule has 2 heterocycles. The number of Topliss-reactive ketones (excluding diaryl/α,β-unsaturated/α-hetero) is 1. The van der Waals surface area contributed by atoms with Gasteiger partial charge in [0.2, 0.25) is 5.43 Å². The van der Waals surface area contributed by atoms with E-state index < -0.39 is 23.3 Å². The molecule has 1 N–H and O–H groups in total. The van der Waals surface area contributed by atoms with Gasteiger partial charge in [0.15, 0.2) is 5.78 Å². The van der Waals surface area contributed by atoms with Crippen LogP contribution in [0, 0.1) is 5.82 Å². The summed E-state index contributed by atoms with van der Waals surface area (Å²) in [6.45, 7) is 3.31. The van der Waals surface area contributed by atoms with E-state index in [0.717, 1.165) is 18.9 Å². The third-order valence-corrected chi connectivity index (χ3v) is 6.30. The average molecular weight is 450 g/mol. The fraction of sp³-hybridized carbons (Fsp3) is 0.500. The second kappa shape index (κ2) is 8.59. The Kier molecular flexibility index (Phi) is 6.03. The van der Waals surface area contributed by atoms with Crippen molar-refractivity contribution in [3.05, 3.63) is 38.9 Å². The fourth-order valence-corrected chi connectivity index (χ4v) is 4.69. The normalized spacial score (nSPS) is 19.5. The molecule has 1 atom stereocenters. The number of nitrogens with one attached hydrogen (secondary N) is 1. The van der Waals surface area contributed by atoms with Crippen molar-refractivity contribution in [3.8, 4) is 0 Å². The highest BCUT2D eigenvalue weighted by atomic mass is 35.5. The molecule has 166 valence electrons. The number of ketones is 1. The number of methoxy groups -OCH3 is 1. The van der Waals surface area contributed by atoms with Crippen LogP contribution in [0.4, 0.5) is 10.1 Å². The second-order valence-electron chi connectivity index (χ2n) is 8.05. The van der Waals surface area contributed by atoms with Crippen LogP contribution in [0.2, 0.25) is 5.02 Å². The summed E-state index contributed by atoms with van der Waals surface area (Å²) in [6.07, 6.45) is 4.22. The Morgan fingerprint density at radius 2 is 2.10 bits per heavy atom. The minimum absolute atomic E-state index is 0.0511. The van der Waals surface area contributed by atoms with Crippen LogP contribution in [-0.4, -0.2) is 49.1 Å². The maximum Gasteiger partial charge on any atom is 0.343 e. The molecule has 2 aromatic rings. The van der Waals surface area contributed by atoms with Crippen molar-refractivity contribution in [1.29, 1.82) is 0 Å². The molecule has 4 rings (SSSR count). The maximum absolute atomic E-state index is 15.4. The molecule has 1 aromatic heterocycles. The molecule has 1 aromatic carbocycles. The van der Waals surface area contributed by atoms with Crippen LogP contribution in [0.3, 0.4) is 0 Å². The van der Waals surface area contributed by atoms with Crippen LogP contribution in [0.1, 0.15) is 49.0 Å². The van der Waals surface area contributed by atoms with Gasteiger partial charge in [-0.05, 0) is 31.9 Å². The standard InChI is InChI=1S/C22H25ClFN3O4/c1-3-25-16-11-26(8-4-5-17(16)28)20-15(24)9-13-19(18(20)23)27(12-6-7-12)10-14(21(13)29)22(30)31-2/h9-10,12,16,25H,3-8,11H2,1-2H3. The summed E-state index contributed by atoms with van der Waals surface area (Å²) in [5.74, 6) is -1.32. The quantitative estimate of drug-likeness (QED) is 0.707. The van der Waals surface area contributed by atoms with Gasteiger partial charge in [0.05, 0.1) is 34.8 Å². The molecule has 2 fully saturated rings. The van der Waals surface area contributed by atoms with Gasteiger partial charge in [-0.2, -0.15) is 0 Å². The Balaban J connectivity index is 1.90. The lowest BCUT2D eigenvalue weighted by atomic mass is 10.1. The van der Waals surface area contributed by atoms with E-state index in [1.54, 1.807) is 9.47 Å². The number of aromatic nitrogens is 1. The zero-order valence-electron chi connectivity index (χ0n) is 17.5. The predicted molar refractivity (Wildman–Crippen MR) is 117 cm³/mol. The summed E-state index contributed by atoms with van der Waals surface area (Å²) >= 11 is 6.75. The number of carbonyl (C=O) groups excluding carboxylic acids is 2. The summed E-state index contributed by atoms with van der Waals surface area (Å²) < 4.78 is 21.9. The molecule has 0 radical (unpaired) electrons. The van der Waals surface area contributed by atoms with Crippen LogP contribution in [-0.2, 0) is 9.53 Å². The lowest BCUT2D eigenvalue weighted by Crippen LogP contribution is -2.44. The highest BCUT2D eigenvalue weighted by Crippen LogP contribution is 2.42. The molecule has 1 saturated carbocycles. The number of esters is 1. The topological polar surface area (TPSA) is 80.6 Å². The monoisotopic (exact) mass is 449 g/mol. The first-order chi connectivity index (χ1) is 14.9. The average Bonchev–Trinajstić information content (AvgIpc) is 3.59. The molecule has 1 saturated heterocycles. The molecule has 0 spiro atoms. The first-order valence-electron chi connectivity index (χ1n) is 10.5. The SMILES string of the molecule is CCNC1CN(c2c(F)cc3c(=O)c(C(=O)OC)cn(C4CC4)c3c2Cl)CCCC1=O. The molecule has 2 aliphatic rings. The number of pyridine rings is 1. The highest BCUT2D eigenvalue weighted by molar-refractivity contribution is 6.38. The smallest absolute Gasteiger partial charge is 0.343 e. The summed E-state index contributed by atoms with van der Waals surface area (Å²) in [5.41, 5.74) is -0.152. The number of nitrogens with zero attached hydrogens (tertiary/aromatic N) is 2. The van der Waals surface area contributed by atoms with Crippen molar-refractivity contribution >= 4 is 39.9 Å². The number of anilines is 1. The number of likely N-dealkylation sites (N-methyl/N-ethyl adjacent to an activating group) is 1. The van der Waals surface area contributed by atoms with Gasteiger partial charge in [-0.3, -0.25) is 9.59 Å². The van der Waals surface area contributed by atoms with E-state index in [9.17, 15) is 14.4 Å². The number of ether oxygens (including phenoxy) is 1. The van der Waals surface area contributed by atoms with E-state index in [0.29, 0.717) is 38.0 Å². The Morgan fingerprint density at radius 1 is 1.35 bits per heavy atom. The Bertz CT molecular complexity index is 1110. The predicted octanol–water partition coefficient (Wildman–Crippen LogP) is 3.06. The zero-order valence-corrected chi connectivity index (χ0v) is 18.3. The third kappa shape index (κ3) is 3.94. The lowest BCUT2D eigenvalue weighted by Gasteiger charge is -2.28. The number of fused-ring (bicyclic) bond motifs is 1. The molecule has 9 heteroatoms. The van der Waals surface area contributed by atoms with Crippen LogP contribution >= 0.6 is 11.6 Å². The van der Waals surface area contributed by atoms with Crippen molar-refractivity contribution in [2.45, 2.75) is 44.7 Å². The van der Waals surface area contributed by atoms with Gasteiger partial charge in [0.25, 0.3) is 0 Å². The van der Waals surface area contributed by atoms with Gasteiger partial charge >= 0.3 is 5.97 Å². The van der Waals surface area contributed by atoms with E-state index in [4.69, 9.17) is 16.3 Å². The molecule has 31 heavy (non-hydrogen) atoms. The van der Waals surface area contributed by atoms with E-state index in [1.807, 2.05) is 6.92 Å². The number of hydrogen-bond donors (Lipinski definition) is 1. The van der Waals surface area contributed by atoms with Crippen LogP contribution in [0.15, 0.2) is 17.1 Å². The van der Waals surface area contributed by atoms with Gasteiger partial charge in [0, 0.05) is 31.7 Å².